The largest absolute Gasteiger partial charge is 0.384 e. The number of nitriles is 1. The molecule has 0 radical (unpaired) electrons. The Morgan fingerprint density at radius 2 is 1.88 bits per heavy atom. The van der Waals surface area contributed by atoms with E-state index in [9.17, 15) is 14.8 Å². The zero-order chi connectivity index (χ0) is 29.3. The van der Waals surface area contributed by atoms with Crippen molar-refractivity contribution in [1.29, 1.82) is 5.26 Å². The zero-order valence-corrected chi connectivity index (χ0v) is 23.7. The summed E-state index contributed by atoms with van der Waals surface area (Å²) in [6.45, 7) is 0. The molecule has 4 N–H and O–H groups in total. The van der Waals surface area contributed by atoms with E-state index in [1.807, 2.05) is 24.3 Å². The molecule has 3 heterocycles. The van der Waals surface area contributed by atoms with E-state index in [1.165, 1.54) is 24.4 Å². The molecular weight excluding hydrogens is 578 g/mol. The minimum atomic E-state index is -0.985. The van der Waals surface area contributed by atoms with E-state index in [2.05, 4.69) is 42.1 Å². The number of nitrogens with zero attached hydrogens (tertiary/aromatic N) is 5. The Morgan fingerprint density at radius 1 is 1.07 bits per heavy atom. The fourth-order valence-corrected chi connectivity index (χ4v) is 6.05. The fraction of sp³-hybridized carbons (Fsp3) is 0.233. The van der Waals surface area contributed by atoms with Crippen LogP contribution in [0.15, 0.2) is 67.1 Å². The summed E-state index contributed by atoms with van der Waals surface area (Å²) >= 11 is 12.7. The van der Waals surface area contributed by atoms with Crippen LogP contribution in [0.2, 0.25) is 10.0 Å². The number of aromatic amines is 1. The molecule has 0 spiro atoms. The molecule has 42 heavy (non-hydrogen) atoms. The molecule has 9 nitrogen and oxygen atoms in total. The number of fused-ring (bicyclic) bond motifs is 1. The lowest BCUT2D eigenvalue weighted by Crippen LogP contribution is -2.35. The Hall–Kier alpha value is -4.30. The van der Waals surface area contributed by atoms with Gasteiger partial charge in [0.25, 0.3) is 0 Å². The lowest BCUT2D eigenvalue weighted by Gasteiger charge is -2.38. The molecule has 1 atom stereocenters. The summed E-state index contributed by atoms with van der Waals surface area (Å²) in [6.07, 6.45) is 7.43. The van der Waals surface area contributed by atoms with Gasteiger partial charge in [-0.05, 0) is 74.1 Å². The van der Waals surface area contributed by atoms with Gasteiger partial charge in [0, 0.05) is 35.4 Å². The average Bonchev–Trinajstić information content (AvgIpc) is 3.54. The normalized spacial score (nSPS) is 19.3. The number of nitrogens with one attached hydrogen (secondary N) is 3. The van der Waals surface area contributed by atoms with E-state index in [0.29, 0.717) is 51.5 Å². The molecule has 2 aromatic carbocycles. The van der Waals surface area contributed by atoms with Gasteiger partial charge in [0.2, 0.25) is 0 Å². The number of aliphatic hydroxyl groups is 1. The van der Waals surface area contributed by atoms with Crippen LogP contribution >= 0.6 is 23.2 Å². The summed E-state index contributed by atoms with van der Waals surface area (Å²) in [6, 6.07) is 15.4. The van der Waals surface area contributed by atoms with Crippen LogP contribution in [-0.2, 0) is 5.60 Å². The first-order valence-electron chi connectivity index (χ1n) is 13.4. The summed E-state index contributed by atoms with van der Waals surface area (Å²) in [5, 5.41) is 39.9. The first kappa shape index (κ1) is 27.8. The van der Waals surface area contributed by atoms with Gasteiger partial charge in [-0.15, -0.1) is 5.10 Å². The highest BCUT2D eigenvalue weighted by molar-refractivity contribution is 6.36. The van der Waals surface area contributed by atoms with E-state index < -0.39 is 11.4 Å². The number of rotatable bonds is 7. The van der Waals surface area contributed by atoms with Gasteiger partial charge in [-0.2, -0.15) is 5.26 Å². The van der Waals surface area contributed by atoms with E-state index in [0.717, 1.165) is 18.5 Å². The maximum absolute atomic E-state index is 13.8. The smallest absolute Gasteiger partial charge is 0.141 e. The topological polar surface area (TPSA) is 135 Å². The van der Waals surface area contributed by atoms with E-state index in [4.69, 9.17) is 23.2 Å². The molecule has 1 aliphatic rings. The molecule has 0 bridgehead atoms. The van der Waals surface area contributed by atoms with Gasteiger partial charge in [-0.3, -0.25) is 15.1 Å². The standard InChI is InChI=1S/C30H25Cl2FN8O/c31-22-12-19(4-5-24(22)33)38-27-18(14-34)15-36-29-21(27)11-20(13-23(29)32)39-28(25-16-37-41-40-25)17-6-8-30(42,9-7-17)26-3-1-2-10-35-26/h1-5,10-13,15-17,28,39,42H,6-9H2,(H,36,38)(H,37,40,41). The summed E-state index contributed by atoms with van der Waals surface area (Å²) in [5.74, 6) is -0.423. The molecule has 1 fully saturated rings. The Bertz CT molecular complexity index is 1770. The van der Waals surface area contributed by atoms with Crippen molar-refractivity contribution in [3.05, 3.63) is 99.9 Å². The van der Waals surface area contributed by atoms with Gasteiger partial charge in [-0.25, -0.2) is 4.39 Å². The highest BCUT2D eigenvalue weighted by Crippen LogP contribution is 2.44. The van der Waals surface area contributed by atoms with Crippen LogP contribution in [-0.4, -0.2) is 30.5 Å². The first-order chi connectivity index (χ1) is 20.3. The highest BCUT2D eigenvalue weighted by atomic mass is 35.5. The number of aromatic nitrogens is 5. The van der Waals surface area contributed by atoms with Gasteiger partial charge in [0.1, 0.15) is 23.2 Å². The quantitative estimate of drug-likeness (QED) is 0.156. The van der Waals surface area contributed by atoms with E-state index in [-0.39, 0.29) is 22.5 Å². The van der Waals surface area contributed by atoms with Crippen molar-refractivity contribution >= 4 is 51.2 Å². The number of anilines is 3. The van der Waals surface area contributed by atoms with Crippen LogP contribution in [0.25, 0.3) is 10.9 Å². The van der Waals surface area contributed by atoms with Gasteiger partial charge in [-0.1, -0.05) is 34.5 Å². The predicted octanol–water partition coefficient (Wildman–Crippen LogP) is 7.04. The zero-order valence-electron chi connectivity index (χ0n) is 22.2. The molecule has 0 amide bonds. The second-order valence-corrected chi connectivity index (χ2v) is 11.2. The fourth-order valence-electron chi connectivity index (χ4n) is 5.60. The van der Waals surface area contributed by atoms with Crippen molar-refractivity contribution in [2.45, 2.75) is 37.3 Å². The van der Waals surface area contributed by atoms with Crippen molar-refractivity contribution in [2.75, 3.05) is 10.6 Å². The van der Waals surface area contributed by atoms with E-state index >= 15 is 0 Å². The molecule has 0 aliphatic heterocycles. The van der Waals surface area contributed by atoms with Gasteiger partial charge in [0.05, 0.1) is 38.5 Å². The molecule has 6 rings (SSSR count). The molecule has 1 unspecified atom stereocenters. The molecule has 12 heteroatoms. The number of benzene rings is 2. The number of hydrogen-bond donors (Lipinski definition) is 4. The van der Waals surface area contributed by atoms with Crippen LogP contribution in [0.4, 0.5) is 21.5 Å². The summed E-state index contributed by atoms with van der Waals surface area (Å²) in [7, 11) is 0. The molecule has 3 aromatic heterocycles. The molecular formula is C30H25Cl2FN8O. The summed E-state index contributed by atoms with van der Waals surface area (Å²) < 4.78 is 13.8. The van der Waals surface area contributed by atoms with Crippen LogP contribution in [0.3, 0.4) is 0 Å². The first-order valence-corrected chi connectivity index (χ1v) is 14.1. The van der Waals surface area contributed by atoms with Crippen LogP contribution in [0.5, 0.6) is 0 Å². The van der Waals surface area contributed by atoms with Crippen LogP contribution in [0, 0.1) is 23.1 Å². The maximum Gasteiger partial charge on any atom is 0.141 e. The molecule has 212 valence electrons. The second-order valence-electron chi connectivity index (χ2n) is 10.4. The maximum atomic E-state index is 13.8. The average molecular weight is 603 g/mol. The SMILES string of the molecule is N#Cc1cnc2c(Cl)cc(NC(c3c[nH]nn3)C3CCC(O)(c4ccccn4)CC3)cc2c1Nc1ccc(F)c(Cl)c1. The number of H-pyrrole nitrogens is 1. The molecule has 0 saturated heterocycles. The Labute approximate surface area is 250 Å². The number of hydrogen-bond acceptors (Lipinski definition) is 8. The summed E-state index contributed by atoms with van der Waals surface area (Å²) in [5.41, 5.74) is 2.85. The predicted molar refractivity (Wildman–Crippen MR) is 159 cm³/mol. The lowest BCUT2D eigenvalue weighted by molar-refractivity contribution is -0.0203. The highest BCUT2D eigenvalue weighted by Gasteiger charge is 2.39. The lowest BCUT2D eigenvalue weighted by atomic mass is 9.74. The van der Waals surface area contributed by atoms with Crippen molar-refractivity contribution in [2.24, 2.45) is 5.92 Å². The molecule has 1 saturated carbocycles. The molecule has 1 aliphatic carbocycles. The second kappa shape index (κ2) is 11.5. The third kappa shape index (κ3) is 5.46. The Morgan fingerprint density at radius 3 is 2.57 bits per heavy atom. The number of pyridine rings is 2. The van der Waals surface area contributed by atoms with Crippen LogP contribution < -0.4 is 10.6 Å². The Balaban J connectivity index is 1.33. The van der Waals surface area contributed by atoms with Crippen molar-refractivity contribution in [3.63, 3.8) is 0 Å². The molecule has 5 aromatic rings. The van der Waals surface area contributed by atoms with Crippen LogP contribution in [0.1, 0.15) is 48.7 Å². The third-order valence-electron chi connectivity index (χ3n) is 7.78. The minimum absolute atomic E-state index is 0.0462. The van der Waals surface area contributed by atoms with E-state index in [1.54, 1.807) is 18.5 Å². The monoisotopic (exact) mass is 602 g/mol. The van der Waals surface area contributed by atoms with Crippen molar-refractivity contribution < 1.29 is 9.50 Å². The van der Waals surface area contributed by atoms with Crippen molar-refractivity contribution in [3.8, 4) is 6.07 Å². The summed E-state index contributed by atoms with van der Waals surface area (Å²) in [4.78, 5) is 8.81. The Kier molecular flexibility index (Phi) is 7.64. The van der Waals surface area contributed by atoms with Gasteiger partial charge in [0.15, 0.2) is 0 Å². The number of halogens is 3. The van der Waals surface area contributed by atoms with Gasteiger partial charge >= 0.3 is 0 Å². The van der Waals surface area contributed by atoms with Gasteiger partial charge < -0.3 is 15.7 Å². The third-order valence-corrected chi connectivity index (χ3v) is 8.36. The minimum Gasteiger partial charge on any atom is -0.384 e. The van der Waals surface area contributed by atoms with Crippen molar-refractivity contribution in [1.82, 2.24) is 25.4 Å².